The molecule has 0 bridgehead atoms. The van der Waals surface area contributed by atoms with Crippen LogP contribution in [0.3, 0.4) is 0 Å². The number of aryl methyl sites for hydroxylation is 1. The van der Waals surface area contributed by atoms with E-state index >= 15 is 0 Å². The number of hydrogen-bond acceptors (Lipinski definition) is 5. The number of sulfonamides is 1. The van der Waals surface area contributed by atoms with E-state index in [2.05, 4.69) is 5.32 Å². The molecule has 178 valence electrons. The van der Waals surface area contributed by atoms with Crippen LogP contribution in [0.15, 0.2) is 77.7 Å². The van der Waals surface area contributed by atoms with Gasteiger partial charge in [-0.1, -0.05) is 54.9 Å². The van der Waals surface area contributed by atoms with Gasteiger partial charge in [-0.15, -0.1) is 0 Å². The Morgan fingerprint density at radius 3 is 2.32 bits per heavy atom. The molecule has 0 unspecified atom stereocenters. The van der Waals surface area contributed by atoms with Crippen molar-refractivity contribution in [3.8, 4) is 0 Å². The standard InChI is InChI=1S/C25H25ClN2O5S/c1-3-18-10-8-9-13-23(18)28(34(31,32)20-11-6-5-7-12-20)17-24(29)27-19-14-15-22(26)21(16-19)25(30)33-4-2/h5-16H,3-4,17H2,1-2H3,(H,27,29). The van der Waals surface area contributed by atoms with Gasteiger partial charge in [0, 0.05) is 5.69 Å². The number of nitrogens with zero attached hydrogens (tertiary/aromatic N) is 1. The lowest BCUT2D eigenvalue weighted by atomic mass is 10.1. The molecule has 0 fully saturated rings. The Hall–Kier alpha value is -3.36. The van der Waals surface area contributed by atoms with E-state index in [0.29, 0.717) is 17.8 Å². The number of hydrogen-bond donors (Lipinski definition) is 1. The summed E-state index contributed by atoms with van der Waals surface area (Å²) in [7, 11) is -4.03. The first kappa shape index (κ1) is 25.3. The molecule has 0 aromatic heterocycles. The quantitative estimate of drug-likeness (QED) is 0.421. The van der Waals surface area contributed by atoms with Gasteiger partial charge in [-0.25, -0.2) is 13.2 Å². The van der Waals surface area contributed by atoms with Crippen LogP contribution in [-0.2, 0) is 26.0 Å². The first-order valence-electron chi connectivity index (χ1n) is 10.7. The van der Waals surface area contributed by atoms with Crippen molar-refractivity contribution in [2.45, 2.75) is 25.2 Å². The first-order valence-corrected chi connectivity index (χ1v) is 12.5. The lowest BCUT2D eigenvalue weighted by Gasteiger charge is -2.26. The van der Waals surface area contributed by atoms with Gasteiger partial charge in [-0.2, -0.15) is 0 Å². The Bertz CT molecular complexity index is 1280. The minimum absolute atomic E-state index is 0.0739. The van der Waals surface area contributed by atoms with Crippen LogP contribution in [0.5, 0.6) is 0 Å². The average molecular weight is 501 g/mol. The van der Waals surface area contributed by atoms with E-state index < -0.39 is 28.4 Å². The molecule has 0 radical (unpaired) electrons. The van der Waals surface area contributed by atoms with Gasteiger partial charge in [-0.3, -0.25) is 9.10 Å². The fourth-order valence-electron chi connectivity index (χ4n) is 3.37. The number of rotatable bonds is 9. The molecule has 1 N–H and O–H groups in total. The fraction of sp³-hybridized carbons (Fsp3) is 0.200. The van der Waals surface area contributed by atoms with Crippen LogP contribution in [-0.4, -0.2) is 33.4 Å². The Labute approximate surface area is 204 Å². The van der Waals surface area contributed by atoms with Crippen LogP contribution in [0, 0.1) is 0 Å². The summed E-state index contributed by atoms with van der Waals surface area (Å²) in [5, 5.41) is 2.84. The molecule has 34 heavy (non-hydrogen) atoms. The monoisotopic (exact) mass is 500 g/mol. The topological polar surface area (TPSA) is 92.8 Å². The molecule has 1 amide bonds. The van der Waals surface area contributed by atoms with E-state index in [1.807, 2.05) is 19.1 Å². The van der Waals surface area contributed by atoms with Crippen molar-refractivity contribution < 1.29 is 22.7 Å². The smallest absolute Gasteiger partial charge is 0.339 e. The predicted molar refractivity (Wildman–Crippen MR) is 133 cm³/mol. The summed E-state index contributed by atoms with van der Waals surface area (Å²) in [5.74, 6) is -1.20. The van der Waals surface area contributed by atoms with Crippen molar-refractivity contribution in [2.24, 2.45) is 0 Å². The summed E-state index contributed by atoms with van der Waals surface area (Å²) in [6.07, 6.45) is 0.582. The van der Waals surface area contributed by atoms with Gasteiger partial charge in [0.05, 0.1) is 27.8 Å². The number of nitrogens with one attached hydrogen (secondary N) is 1. The molecular formula is C25H25ClN2O5S. The number of benzene rings is 3. The highest BCUT2D eigenvalue weighted by Gasteiger charge is 2.28. The maximum absolute atomic E-state index is 13.5. The van der Waals surface area contributed by atoms with Crippen molar-refractivity contribution in [2.75, 3.05) is 22.8 Å². The zero-order chi connectivity index (χ0) is 24.7. The minimum atomic E-state index is -4.03. The van der Waals surface area contributed by atoms with Crippen molar-refractivity contribution >= 4 is 44.9 Å². The van der Waals surface area contributed by atoms with Crippen LogP contribution in [0.1, 0.15) is 29.8 Å². The predicted octanol–water partition coefficient (Wildman–Crippen LogP) is 4.91. The third-order valence-electron chi connectivity index (χ3n) is 5.01. The van der Waals surface area contributed by atoms with Crippen molar-refractivity contribution in [1.82, 2.24) is 0 Å². The van der Waals surface area contributed by atoms with Crippen LogP contribution < -0.4 is 9.62 Å². The van der Waals surface area contributed by atoms with Crippen molar-refractivity contribution in [1.29, 1.82) is 0 Å². The molecule has 9 heteroatoms. The second-order valence-corrected chi connectivity index (χ2v) is 9.54. The summed E-state index contributed by atoms with van der Waals surface area (Å²) in [5.41, 5.74) is 1.60. The third-order valence-corrected chi connectivity index (χ3v) is 7.11. The summed E-state index contributed by atoms with van der Waals surface area (Å²) in [6, 6.07) is 19.4. The first-order chi connectivity index (χ1) is 16.3. The Morgan fingerprint density at radius 1 is 0.971 bits per heavy atom. The number of halogens is 1. The van der Waals surface area contributed by atoms with E-state index in [1.165, 1.54) is 30.3 Å². The highest BCUT2D eigenvalue weighted by atomic mass is 35.5. The molecular weight excluding hydrogens is 476 g/mol. The molecule has 0 aliphatic carbocycles. The summed E-state index contributed by atoms with van der Waals surface area (Å²) in [6.45, 7) is 3.30. The molecule has 7 nitrogen and oxygen atoms in total. The normalized spacial score (nSPS) is 11.0. The number of ether oxygens (including phenoxy) is 1. The molecule has 0 saturated carbocycles. The second-order valence-electron chi connectivity index (χ2n) is 7.27. The minimum Gasteiger partial charge on any atom is -0.462 e. The number of amides is 1. The third kappa shape index (κ3) is 5.76. The molecule has 0 aliphatic heterocycles. The second kappa shape index (κ2) is 11.2. The number of carbonyl (C=O) groups is 2. The van der Waals surface area contributed by atoms with Crippen LogP contribution in [0.25, 0.3) is 0 Å². The van der Waals surface area contributed by atoms with Gasteiger partial charge in [0.2, 0.25) is 5.91 Å². The zero-order valence-corrected chi connectivity index (χ0v) is 20.4. The lowest BCUT2D eigenvalue weighted by molar-refractivity contribution is -0.114. The van der Waals surface area contributed by atoms with Crippen molar-refractivity contribution in [3.63, 3.8) is 0 Å². The van der Waals surface area contributed by atoms with E-state index in [-0.39, 0.29) is 22.1 Å². The molecule has 0 atom stereocenters. The molecule has 0 spiro atoms. The summed E-state index contributed by atoms with van der Waals surface area (Å²) < 4.78 is 33.1. The van der Waals surface area contributed by atoms with E-state index in [0.717, 1.165) is 9.87 Å². The number of esters is 1. The maximum Gasteiger partial charge on any atom is 0.339 e. The highest BCUT2D eigenvalue weighted by molar-refractivity contribution is 7.92. The van der Waals surface area contributed by atoms with E-state index in [1.54, 1.807) is 37.3 Å². The van der Waals surface area contributed by atoms with Gasteiger partial charge < -0.3 is 10.1 Å². The Kier molecular flexibility index (Phi) is 8.31. The van der Waals surface area contributed by atoms with E-state index in [9.17, 15) is 18.0 Å². The van der Waals surface area contributed by atoms with Crippen LogP contribution in [0.2, 0.25) is 5.02 Å². The SMILES string of the molecule is CCOC(=O)c1cc(NC(=O)CN(c2ccccc2CC)S(=O)(=O)c2ccccc2)ccc1Cl. The average Bonchev–Trinajstić information content (AvgIpc) is 2.84. The van der Waals surface area contributed by atoms with Crippen molar-refractivity contribution in [3.05, 3.63) is 88.9 Å². The number of carbonyl (C=O) groups excluding carboxylic acids is 2. The number of para-hydroxylation sites is 1. The highest BCUT2D eigenvalue weighted by Crippen LogP contribution is 2.28. The largest absolute Gasteiger partial charge is 0.462 e. The van der Waals surface area contributed by atoms with Gasteiger partial charge in [0.1, 0.15) is 6.54 Å². The van der Waals surface area contributed by atoms with Gasteiger partial charge in [0.25, 0.3) is 10.0 Å². The molecule has 0 heterocycles. The lowest BCUT2D eigenvalue weighted by Crippen LogP contribution is -2.38. The maximum atomic E-state index is 13.5. The van der Waals surface area contributed by atoms with Gasteiger partial charge in [0.15, 0.2) is 0 Å². The molecule has 0 aliphatic rings. The Morgan fingerprint density at radius 2 is 1.65 bits per heavy atom. The summed E-state index contributed by atoms with van der Waals surface area (Å²) in [4.78, 5) is 25.2. The zero-order valence-electron chi connectivity index (χ0n) is 18.8. The van der Waals surface area contributed by atoms with Crippen LogP contribution in [0.4, 0.5) is 11.4 Å². The van der Waals surface area contributed by atoms with Gasteiger partial charge >= 0.3 is 5.97 Å². The number of anilines is 2. The summed E-state index contributed by atoms with van der Waals surface area (Å²) >= 11 is 6.09. The molecule has 3 aromatic rings. The van der Waals surface area contributed by atoms with Crippen LogP contribution >= 0.6 is 11.6 Å². The molecule has 3 rings (SSSR count). The van der Waals surface area contributed by atoms with Gasteiger partial charge in [-0.05, 0) is 55.3 Å². The molecule has 0 saturated heterocycles. The van der Waals surface area contributed by atoms with E-state index in [4.69, 9.17) is 16.3 Å². The Balaban J connectivity index is 1.94. The molecule has 3 aromatic carbocycles. The fourth-order valence-corrected chi connectivity index (χ4v) is 5.05.